The molecule has 4 heteroatoms. The van der Waals surface area contributed by atoms with E-state index < -0.39 is 0 Å². The van der Waals surface area contributed by atoms with Crippen molar-refractivity contribution in [3.63, 3.8) is 0 Å². The van der Waals surface area contributed by atoms with Crippen LogP contribution in [-0.2, 0) is 11.2 Å². The molecule has 1 aromatic carbocycles. The number of hydrogen-bond donors (Lipinski definition) is 0. The molecule has 1 aliphatic heterocycles. The van der Waals surface area contributed by atoms with Crippen LogP contribution in [0.4, 0.5) is 11.5 Å². The van der Waals surface area contributed by atoms with Crippen LogP contribution in [0.2, 0.25) is 0 Å². The van der Waals surface area contributed by atoms with Gasteiger partial charge in [-0.15, -0.1) is 0 Å². The van der Waals surface area contributed by atoms with Crippen LogP contribution in [0.5, 0.6) is 0 Å². The Balaban J connectivity index is 2.03. The van der Waals surface area contributed by atoms with Gasteiger partial charge in [-0.3, -0.25) is 0 Å². The number of rotatable bonds is 2. The second-order valence-corrected chi connectivity index (χ2v) is 4.95. The van der Waals surface area contributed by atoms with Gasteiger partial charge in [0.25, 0.3) is 0 Å². The number of aromatic nitrogens is 1. The van der Waals surface area contributed by atoms with Crippen LogP contribution in [0.1, 0.15) is 22.8 Å². The summed E-state index contributed by atoms with van der Waals surface area (Å²) >= 11 is 0. The van der Waals surface area contributed by atoms with Crippen molar-refractivity contribution in [1.29, 1.82) is 0 Å². The molecule has 1 unspecified atom stereocenters. The zero-order valence-electron chi connectivity index (χ0n) is 11.5. The van der Waals surface area contributed by atoms with Gasteiger partial charge in [0.05, 0.1) is 12.7 Å². The summed E-state index contributed by atoms with van der Waals surface area (Å²) < 4.78 is 4.76. The molecule has 0 bridgehead atoms. The monoisotopic (exact) mass is 268 g/mol. The van der Waals surface area contributed by atoms with Crippen molar-refractivity contribution in [3.8, 4) is 0 Å². The van der Waals surface area contributed by atoms with Gasteiger partial charge in [-0.1, -0.05) is 18.2 Å². The van der Waals surface area contributed by atoms with Crippen molar-refractivity contribution >= 4 is 17.5 Å². The molecule has 4 nitrogen and oxygen atoms in total. The third kappa shape index (κ3) is 2.03. The van der Waals surface area contributed by atoms with E-state index in [9.17, 15) is 4.79 Å². The molecule has 0 saturated heterocycles. The second-order valence-electron chi connectivity index (χ2n) is 4.95. The number of benzene rings is 1. The second kappa shape index (κ2) is 4.96. The lowest BCUT2D eigenvalue weighted by molar-refractivity contribution is 0.0600. The highest BCUT2D eigenvalue weighted by atomic mass is 16.5. The molecule has 20 heavy (non-hydrogen) atoms. The van der Waals surface area contributed by atoms with Crippen molar-refractivity contribution in [2.45, 2.75) is 19.4 Å². The smallest absolute Gasteiger partial charge is 0.338 e. The van der Waals surface area contributed by atoms with E-state index in [4.69, 9.17) is 4.74 Å². The van der Waals surface area contributed by atoms with Crippen LogP contribution in [0.3, 0.4) is 0 Å². The largest absolute Gasteiger partial charge is 0.465 e. The van der Waals surface area contributed by atoms with Crippen molar-refractivity contribution in [1.82, 2.24) is 4.98 Å². The van der Waals surface area contributed by atoms with Crippen LogP contribution in [-0.4, -0.2) is 24.1 Å². The highest BCUT2D eigenvalue weighted by Crippen LogP contribution is 2.37. The Kier molecular flexibility index (Phi) is 3.14. The van der Waals surface area contributed by atoms with Gasteiger partial charge in [0, 0.05) is 17.9 Å². The number of methoxy groups -OCH3 is 1. The molecule has 2 heterocycles. The molecule has 0 aliphatic carbocycles. The van der Waals surface area contributed by atoms with E-state index in [1.807, 2.05) is 12.1 Å². The van der Waals surface area contributed by atoms with Crippen LogP contribution < -0.4 is 4.90 Å². The summed E-state index contributed by atoms with van der Waals surface area (Å²) in [6.07, 6.45) is 2.63. The lowest BCUT2D eigenvalue weighted by Crippen LogP contribution is -2.25. The van der Waals surface area contributed by atoms with E-state index in [1.165, 1.54) is 12.7 Å². The normalized spacial score (nSPS) is 16.9. The highest BCUT2D eigenvalue weighted by Gasteiger charge is 2.27. The number of para-hydroxylation sites is 1. The van der Waals surface area contributed by atoms with E-state index in [1.54, 1.807) is 18.3 Å². The molecule has 3 rings (SSSR count). The molecule has 1 aliphatic rings. The van der Waals surface area contributed by atoms with Gasteiger partial charge in [-0.05, 0) is 37.1 Å². The summed E-state index contributed by atoms with van der Waals surface area (Å²) in [4.78, 5) is 18.2. The molecule has 0 N–H and O–H groups in total. The Bertz CT molecular complexity index is 654. The topological polar surface area (TPSA) is 42.4 Å². The maximum Gasteiger partial charge on any atom is 0.338 e. The quantitative estimate of drug-likeness (QED) is 0.785. The zero-order chi connectivity index (χ0) is 14.1. The molecule has 1 atom stereocenters. The molecular formula is C16H16N2O2. The maximum absolute atomic E-state index is 11.6. The van der Waals surface area contributed by atoms with E-state index >= 15 is 0 Å². The average molecular weight is 268 g/mol. The summed E-state index contributed by atoms with van der Waals surface area (Å²) in [5.41, 5.74) is 2.99. The number of carbonyl (C=O) groups is 1. The molecular weight excluding hydrogens is 252 g/mol. The van der Waals surface area contributed by atoms with Crippen LogP contribution in [0.25, 0.3) is 0 Å². The summed E-state index contributed by atoms with van der Waals surface area (Å²) in [5.74, 6) is 0.444. The van der Waals surface area contributed by atoms with Crippen molar-refractivity contribution in [2.24, 2.45) is 0 Å². The fourth-order valence-electron chi connectivity index (χ4n) is 2.71. The third-order valence-corrected chi connectivity index (χ3v) is 3.62. The number of hydrogen-bond acceptors (Lipinski definition) is 4. The fraction of sp³-hybridized carbons (Fsp3) is 0.250. The van der Waals surface area contributed by atoms with Gasteiger partial charge in [0.1, 0.15) is 5.82 Å². The molecule has 0 saturated carbocycles. The molecule has 1 aromatic heterocycles. The summed E-state index contributed by atoms with van der Waals surface area (Å²) in [5, 5.41) is 0. The number of esters is 1. The Morgan fingerprint density at radius 3 is 2.95 bits per heavy atom. The Labute approximate surface area is 118 Å². The summed E-state index contributed by atoms with van der Waals surface area (Å²) in [6.45, 7) is 2.16. The summed E-state index contributed by atoms with van der Waals surface area (Å²) in [6, 6.07) is 12.1. The minimum atomic E-state index is -0.339. The predicted molar refractivity (Wildman–Crippen MR) is 77.3 cm³/mol. The number of fused-ring (bicyclic) bond motifs is 1. The Morgan fingerprint density at radius 1 is 1.35 bits per heavy atom. The number of ether oxygens (including phenoxy) is 1. The highest BCUT2D eigenvalue weighted by molar-refractivity contribution is 5.90. The number of pyridine rings is 1. The third-order valence-electron chi connectivity index (χ3n) is 3.62. The predicted octanol–water partition coefficient (Wildman–Crippen LogP) is 2.95. The molecule has 0 fully saturated rings. The number of anilines is 2. The van der Waals surface area contributed by atoms with E-state index in [-0.39, 0.29) is 5.97 Å². The molecule has 2 aromatic rings. The lowest BCUT2D eigenvalue weighted by atomic mass is 10.1. The van der Waals surface area contributed by atoms with Crippen LogP contribution in [0.15, 0.2) is 42.6 Å². The van der Waals surface area contributed by atoms with Crippen molar-refractivity contribution in [2.75, 3.05) is 12.0 Å². The van der Waals surface area contributed by atoms with Crippen LogP contribution >= 0.6 is 0 Å². The molecule has 102 valence electrons. The van der Waals surface area contributed by atoms with E-state index in [0.29, 0.717) is 11.6 Å². The fourth-order valence-corrected chi connectivity index (χ4v) is 2.71. The first-order valence-corrected chi connectivity index (χ1v) is 6.62. The van der Waals surface area contributed by atoms with Gasteiger partial charge >= 0.3 is 5.97 Å². The first-order valence-electron chi connectivity index (χ1n) is 6.62. The molecule has 0 radical (unpaired) electrons. The van der Waals surface area contributed by atoms with Gasteiger partial charge in [-0.25, -0.2) is 9.78 Å². The van der Waals surface area contributed by atoms with Crippen LogP contribution in [0, 0.1) is 0 Å². The average Bonchev–Trinajstić information content (AvgIpc) is 2.82. The van der Waals surface area contributed by atoms with Crippen molar-refractivity contribution < 1.29 is 9.53 Å². The molecule has 0 spiro atoms. The minimum Gasteiger partial charge on any atom is -0.465 e. The maximum atomic E-state index is 11.6. The minimum absolute atomic E-state index is 0.327. The van der Waals surface area contributed by atoms with E-state index in [2.05, 4.69) is 28.9 Å². The van der Waals surface area contributed by atoms with Gasteiger partial charge < -0.3 is 9.64 Å². The number of nitrogens with zero attached hydrogens (tertiary/aromatic N) is 2. The van der Waals surface area contributed by atoms with Gasteiger partial charge in [0.15, 0.2) is 0 Å². The lowest BCUT2D eigenvalue weighted by Gasteiger charge is -2.24. The SMILES string of the molecule is COC(=O)c1ccnc(N2c3ccccc3CC2C)c1. The number of carbonyl (C=O) groups excluding carboxylic acids is 1. The zero-order valence-corrected chi connectivity index (χ0v) is 11.5. The first kappa shape index (κ1) is 12.7. The Hall–Kier alpha value is -2.36. The molecule has 0 amide bonds. The van der Waals surface area contributed by atoms with Crippen molar-refractivity contribution in [3.05, 3.63) is 53.7 Å². The first-order chi connectivity index (χ1) is 9.70. The van der Waals surface area contributed by atoms with Gasteiger partial charge in [0.2, 0.25) is 0 Å². The standard InChI is InChI=1S/C16H16N2O2/c1-11-9-12-5-3-4-6-14(12)18(11)15-10-13(7-8-17-15)16(19)20-2/h3-8,10-11H,9H2,1-2H3. The van der Waals surface area contributed by atoms with E-state index in [0.717, 1.165) is 17.9 Å². The Morgan fingerprint density at radius 2 is 2.15 bits per heavy atom. The summed E-state index contributed by atoms with van der Waals surface area (Å²) in [7, 11) is 1.39. The van der Waals surface area contributed by atoms with Gasteiger partial charge in [-0.2, -0.15) is 0 Å².